The van der Waals surface area contributed by atoms with Crippen LogP contribution in [0.1, 0.15) is 53.9 Å². The van der Waals surface area contributed by atoms with Crippen LogP contribution in [0.5, 0.6) is 0 Å². The van der Waals surface area contributed by atoms with E-state index in [1.807, 2.05) is 0 Å². The molecule has 0 saturated heterocycles. The SMILES string of the molecule is CC1CCC(N)C(N(C)C(C)C(C)(C)C)C1. The lowest BCUT2D eigenvalue weighted by Crippen LogP contribution is -2.54. The van der Waals surface area contributed by atoms with Crippen LogP contribution in [-0.4, -0.2) is 30.1 Å². The molecule has 0 aromatic heterocycles. The van der Waals surface area contributed by atoms with Crippen LogP contribution < -0.4 is 5.73 Å². The lowest BCUT2D eigenvalue weighted by Gasteiger charge is -2.45. The average molecular weight is 226 g/mol. The van der Waals surface area contributed by atoms with E-state index in [0.717, 1.165) is 5.92 Å². The molecule has 2 heteroatoms. The smallest absolute Gasteiger partial charge is 0.0249 e. The van der Waals surface area contributed by atoms with Gasteiger partial charge in [0, 0.05) is 18.1 Å². The second-order valence-corrected chi connectivity index (χ2v) is 6.86. The topological polar surface area (TPSA) is 29.3 Å². The second kappa shape index (κ2) is 5.05. The molecule has 0 spiro atoms. The highest BCUT2D eigenvalue weighted by molar-refractivity contribution is 4.91. The van der Waals surface area contributed by atoms with Gasteiger partial charge in [0.25, 0.3) is 0 Å². The Morgan fingerprint density at radius 2 is 1.81 bits per heavy atom. The van der Waals surface area contributed by atoms with Crippen LogP contribution in [0, 0.1) is 11.3 Å². The fourth-order valence-electron chi connectivity index (χ4n) is 2.74. The molecule has 1 saturated carbocycles. The zero-order valence-corrected chi connectivity index (χ0v) is 12.0. The molecular weight excluding hydrogens is 196 g/mol. The van der Waals surface area contributed by atoms with Gasteiger partial charge >= 0.3 is 0 Å². The average Bonchev–Trinajstić information content (AvgIpc) is 2.18. The van der Waals surface area contributed by atoms with Crippen molar-refractivity contribution in [3.8, 4) is 0 Å². The van der Waals surface area contributed by atoms with Gasteiger partial charge in [-0.2, -0.15) is 0 Å². The van der Waals surface area contributed by atoms with Crippen molar-refractivity contribution in [3.05, 3.63) is 0 Å². The van der Waals surface area contributed by atoms with Gasteiger partial charge in [0.05, 0.1) is 0 Å². The lowest BCUT2D eigenvalue weighted by molar-refractivity contribution is 0.0560. The first-order chi connectivity index (χ1) is 7.23. The summed E-state index contributed by atoms with van der Waals surface area (Å²) in [4.78, 5) is 2.51. The maximum absolute atomic E-state index is 6.28. The van der Waals surface area contributed by atoms with Crippen LogP contribution in [-0.2, 0) is 0 Å². The summed E-state index contributed by atoms with van der Waals surface area (Å²) in [5.74, 6) is 0.833. The molecular formula is C14H30N2. The van der Waals surface area contributed by atoms with E-state index in [1.54, 1.807) is 0 Å². The van der Waals surface area contributed by atoms with Gasteiger partial charge in [0.2, 0.25) is 0 Å². The molecule has 0 bridgehead atoms. The quantitative estimate of drug-likeness (QED) is 0.784. The normalized spacial score (nSPS) is 34.1. The van der Waals surface area contributed by atoms with Crippen molar-refractivity contribution in [2.45, 2.75) is 72.0 Å². The van der Waals surface area contributed by atoms with Gasteiger partial charge in [-0.3, -0.25) is 4.90 Å². The van der Waals surface area contributed by atoms with E-state index in [1.165, 1.54) is 19.3 Å². The van der Waals surface area contributed by atoms with Crippen molar-refractivity contribution in [2.75, 3.05) is 7.05 Å². The van der Waals surface area contributed by atoms with E-state index >= 15 is 0 Å². The third-order valence-corrected chi connectivity index (χ3v) is 4.52. The first kappa shape index (κ1) is 14.0. The van der Waals surface area contributed by atoms with Crippen molar-refractivity contribution in [1.29, 1.82) is 0 Å². The zero-order valence-electron chi connectivity index (χ0n) is 12.0. The monoisotopic (exact) mass is 226 g/mol. The number of hydrogen-bond acceptors (Lipinski definition) is 2. The molecule has 1 aliphatic rings. The van der Waals surface area contributed by atoms with Gasteiger partial charge in [-0.25, -0.2) is 0 Å². The largest absolute Gasteiger partial charge is 0.326 e. The third-order valence-electron chi connectivity index (χ3n) is 4.52. The van der Waals surface area contributed by atoms with Crippen LogP contribution in [0.15, 0.2) is 0 Å². The lowest BCUT2D eigenvalue weighted by atomic mass is 9.80. The molecule has 1 aliphatic carbocycles. The highest BCUT2D eigenvalue weighted by Crippen LogP contribution is 2.31. The Balaban J connectivity index is 2.68. The fraction of sp³-hybridized carbons (Fsp3) is 1.00. The Morgan fingerprint density at radius 3 is 2.31 bits per heavy atom. The minimum Gasteiger partial charge on any atom is -0.326 e. The van der Waals surface area contributed by atoms with E-state index < -0.39 is 0 Å². The first-order valence-electron chi connectivity index (χ1n) is 6.71. The van der Waals surface area contributed by atoms with E-state index in [2.05, 4.69) is 46.6 Å². The summed E-state index contributed by atoms with van der Waals surface area (Å²) in [6, 6.07) is 1.51. The van der Waals surface area contributed by atoms with Gasteiger partial charge in [-0.05, 0) is 44.6 Å². The van der Waals surface area contributed by atoms with Gasteiger partial charge < -0.3 is 5.73 Å². The van der Waals surface area contributed by atoms with Crippen molar-refractivity contribution >= 4 is 0 Å². The molecule has 0 radical (unpaired) electrons. The van der Waals surface area contributed by atoms with Crippen molar-refractivity contribution in [1.82, 2.24) is 4.90 Å². The molecule has 1 fully saturated rings. The molecule has 0 aromatic rings. The van der Waals surface area contributed by atoms with Crippen molar-refractivity contribution in [2.24, 2.45) is 17.1 Å². The predicted octanol–water partition coefficient (Wildman–Crippen LogP) is 2.87. The Bertz CT molecular complexity index is 219. The van der Waals surface area contributed by atoms with Gasteiger partial charge in [-0.1, -0.05) is 27.7 Å². The molecule has 2 nitrogen and oxygen atoms in total. The Morgan fingerprint density at radius 1 is 1.25 bits per heavy atom. The maximum Gasteiger partial charge on any atom is 0.0249 e. The summed E-state index contributed by atoms with van der Waals surface area (Å²) >= 11 is 0. The van der Waals surface area contributed by atoms with Crippen LogP contribution >= 0.6 is 0 Å². The van der Waals surface area contributed by atoms with Crippen molar-refractivity contribution < 1.29 is 0 Å². The second-order valence-electron chi connectivity index (χ2n) is 6.86. The number of likely N-dealkylation sites (N-methyl/N-ethyl adjacent to an activating group) is 1. The number of nitrogens with zero attached hydrogens (tertiary/aromatic N) is 1. The molecule has 96 valence electrons. The molecule has 0 aliphatic heterocycles. The molecule has 4 unspecified atom stereocenters. The third kappa shape index (κ3) is 3.21. The Kier molecular flexibility index (Phi) is 4.42. The number of rotatable bonds is 2. The minimum absolute atomic E-state index is 0.329. The van der Waals surface area contributed by atoms with Crippen LogP contribution in [0.25, 0.3) is 0 Å². The Labute approximate surface area is 102 Å². The van der Waals surface area contributed by atoms with Gasteiger partial charge in [0.1, 0.15) is 0 Å². The summed E-state index contributed by atoms with van der Waals surface area (Å²) in [6.45, 7) is 11.6. The molecule has 1 rings (SSSR count). The van der Waals surface area contributed by atoms with E-state index in [0.29, 0.717) is 23.5 Å². The molecule has 0 heterocycles. The maximum atomic E-state index is 6.28. The first-order valence-corrected chi connectivity index (χ1v) is 6.71. The highest BCUT2D eigenvalue weighted by atomic mass is 15.2. The van der Waals surface area contributed by atoms with Gasteiger partial charge in [-0.15, -0.1) is 0 Å². The van der Waals surface area contributed by atoms with Crippen LogP contribution in [0.4, 0.5) is 0 Å². The van der Waals surface area contributed by atoms with Crippen LogP contribution in [0.2, 0.25) is 0 Å². The minimum atomic E-state index is 0.329. The highest BCUT2D eigenvalue weighted by Gasteiger charge is 2.34. The molecule has 2 N–H and O–H groups in total. The molecule has 4 atom stereocenters. The predicted molar refractivity (Wildman–Crippen MR) is 71.5 cm³/mol. The van der Waals surface area contributed by atoms with E-state index in [9.17, 15) is 0 Å². The standard InChI is InChI=1S/C14H30N2/c1-10-7-8-12(15)13(9-10)16(6)11(2)14(3,4)5/h10-13H,7-9,15H2,1-6H3. The van der Waals surface area contributed by atoms with Crippen LogP contribution in [0.3, 0.4) is 0 Å². The van der Waals surface area contributed by atoms with Crippen molar-refractivity contribution in [3.63, 3.8) is 0 Å². The van der Waals surface area contributed by atoms with E-state index in [4.69, 9.17) is 5.73 Å². The summed E-state index contributed by atoms with van der Waals surface area (Å²) in [7, 11) is 2.25. The molecule has 16 heavy (non-hydrogen) atoms. The fourth-order valence-corrected chi connectivity index (χ4v) is 2.74. The number of nitrogens with two attached hydrogens (primary N) is 1. The summed E-state index contributed by atoms with van der Waals surface area (Å²) in [6.07, 6.45) is 3.75. The summed E-state index contributed by atoms with van der Waals surface area (Å²) in [5, 5.41) is 0. The number of hydrogen-bond donors (Lipinski definition) is 1. The Hall–Kier alpha value is -0.0800. The van der Waals surface area contributed by atoms with Gasteiger partial charge in [0.15, 0.2) is 0 Å². The zero-order chi connectivity index (χ0) is 12.5. The van der Waals surface area contributed by atoms with E-state index in [-0.39, 0.29) is 0 Å². The molecule has 0 amide bonds. The summed E-state index contributed by atoms with van der Waals surface area (Å²) in [5.41, 5.74) is 6.61. The summed E-state index contributed by atoms with van der Waals surface area (Å²) < 4.78 is 0. The molecule has 0 aromatic carbocycles.